The molecule has 0 radical (unpaired) electrons. The minimum absolute atomic E-state index is 0.0616. The van der Waals surface area contributed by atoms with Crippen LogP contribution >= 0.6 is 0 Å². The molecule has 100 valence electrons. The molecule has 1 aromatic carbocycles. The van der Waals surface area contributed by atoms with Gasteiger partial charge in [-0.2, -0.15) is 0 Å². The molecule has 0 spiro atoms. The molecular formula is C14H16N2O3. The first-order valence-corrected chi connectivity index (χ1v) is 6.08. The van der Waals surface area contributed by atoms with E-state index in [9.17, 15) is 4.79 Å². The quantitative estimate of drug-likeness (QED) is 0.897. The Morgan fingerprint density at radius 3 is 2.63 bits per heavy atom. The average Bonchev–Trinajstić information content (AvgIpc) is 2.89. The van der Waals surface area contributed by atoms with Crippen LogP contribution in [0.3, 0.4) is 0 Å². The van der Waals surface area contributed by atoms with Gasteiger partial charge in [0, 0.05) is 6.07 Å². The van der Waals surface area contributed by atoms with E-state index in [0.717, 1.165) is 0 Å². The first-order chi connectivity index (χ1) is 9.15. The van der Waals surface area contributed by atoms with Gasteiger partial charge in [0.1, 0.15) is 12.0 Å². The van der Waals surface area contributed by atoms with Crippen molar-refractivity contribution in [1.82, 2.24) is 5.16 Å². The number of hydrogen-bond acceptors (Lipinski definition) is 4. The molecule has 5 nitrogen and oxygen atoms in total. The third kappa shape index (κ3) is 3.84. The third-order valence-electron chi connectivity index (χ3n) is 2.62. The number of aromatic nitrogens is 1. The summed E-state index contributed by atoms with van der Waals surface area (Å²) in [5.41, 5.74) is 1.24. The minimum atomic E-state index is -0.276. The van der Waals surface area contributed by atoms with E-state index in [1.807, 2.05) is 24.3 Å². The van der Waals surface area contributed by atoms with E-state index < -0.39 is 0 Å². The van der Waals surface area contributed by atoms with Crippen molar-refractivity contribution in [2.75, 3.05) is 11.9 Å². The highest BCUT2D eigenvalue weighted by Gasteiger charge is 2.06. The van der Waals surface area contributed by atoms with E-state index in [1.165, 1.54) is 11.8 Å². The fraction of sp³-hybridized carbons (Fsp3) is 0.286. The lowest BCUT2D eigenvalue weighted by Crippen LogP contribution is -2.20. The molecule has 1 heterocycles. The average molecular weight is 260 g/mol. The Kier molecular flexibility index (Phi) is 4.18. The highest BCUT2D eigenvalue weighted by molar-refractivity contribution is 5.90. The molecule has 0 saturated carbocycles. The van der Waals surface area contributed by atoms with E-state index in [1.54, 1.807) is 6.07 Å². The van der Waals surface area contributed by atoms with Gasteiger partial charge in [0.15, 0.2) is 12.4 Å². The molecule has 0 fully saturated rings. The maximum Gasteiger partial charge on any atom is 0.263 e. The van der Waals surface area contributed by atoms with Crippen LogP contribution < -0.4 is 10.1 Å². The minimum Gasteiger partial charge on any atom is -0.484 e. The van der Waals surface area contributed by atoms with Gasteiger partial charge >= 0.3 is 0 Å². The number of anilines is 1. The monoisotopic (exact) mass is 260 g/mol. The molecule has 1 N–H and O–H groups in total. The second-order valence-electron chi connectivity index (χ2n) is 4.45. The number of carbonyl (C=O) groups excluding carboxylic acids is 1. The predicted octanol–water partition coefficient (Wildman–Crippen LogP) is 2.82. The third-order valence-corrected chi connectivity index (χ3v) is 2.62. The summed E-state index contributed by atoms with van der Waals surface area (Å²) in [4.78, 5) is 11.5. The Morgan fingerprint density at radius 1 is 1.32 bits per heavy atom. The first kappa shape index (κ1) is 13.1. The Hall–Kier alpha value is -2.30. The Bertz CT molecular complexity index is 518. The molecule has 0 saturated heterocycles. The van der Waals surface area contributed by atoms with Gasteiger partial charge in [0.2, 0.25) is 0 Å². The highest BCUT2D eigenvalue weighted by atomic mass is 16.5. The zero-order valence-electron chi connectivity index (χ0n) is 10.9. The van der Waals surface area contributed by atoms with Gasteiger partial charge in [-0.05, 0) is 23.6 Å². The number of carbonyl (C=O) groups is 1. The van der Waals surface area contributed by atoms with Gasteiger partial charge < -0.3 is 14.6 Å². The maximum absolute atomic E-state index is 11.5. The van der Waals surface area contributed by atoms with Crippen molar-refractivity contribution < 1.29 is 14.1 Å². The van der Waals surface area contributed by atoms with Crippen LogP contribution in [-0.4, -0.2) is 17.7 Å². The van der Waals surface area contributed by atoms with Crippen molar-refractivity contribution in [1.29, 1.82) is 0 Å². The fourth-order valence-electron chi connectivity index (χ4n) is 1.55. The number of hydrogen-bond donors (Lipinski definition) is 1. The van der Waals surface area contributed by atoms with Crippen molar-refractivity contribution in [3.05, 3.63) is 42.2 Å². The molecule has 19 heavy (non-hydrogen) atoms. The second kappa shape index (κ2) is 6.04. The standard InChI is InChI=1S/C14H16N2O3/c1-10(2)11-3-5-12(6-4-11)18-9-14(17)15-13-7-8-19-16-13/h3-8,10H,9H2,1-2H3,(H,15,16,17). The van der Waals surface area contributed by atoms with Gasteiger partial charge in [-0.25, -0.2) is 0 Å². The number of ether oxygens (including phenoxy) is 1. The summed E-state index contributed by atoms with van der Waals surface area (Å²) in [6, 6.07) is 9.28. The molecule has 0 aliphatic carbocycles. The Balaban J connectivity index is 1.83. The van der Waals surface area contributed by atoms with Crippen molar-refractivity contribution in [3.8, 4) is 5.75 Å². The van der Waals surface area contributed by atoms with E-state index in [-0.39, 0.29) is 12.5 Å². The van der Waals surface area contributed by atoms with Gasteiger partial charge in [0.05, 0.1) is 0 Å². The van der Waals surface area contributed by atoms with E-state index in [4.69, 9.17) is 4.74 Å². The fourth-order valence-corrected chi connectivity index (χ4v) is 1.55. The van der Waals surface area contributed by atoms with Crippen molar-refractivity contribution in [3.63, 3.8) is 0 Å². The molecule has 1 amide bonds. The molecule has 2 aromatic rings. The van der Waals surface area contributed by atoms with Crippen molar-refractivity contribution in [2.45, 2.75) is 19.8 Å². The first-order valence-electron chi connectivity index (χ1n) is 6.08. The predicted molar refractivity (Wildman–Crippen MR) is 71.2 cm³/mol. The van der Waals surface area contributed by atoms with Crippen molar-refractivity contribution in [2.24, 2.45) is 0 Å². The second-order valence-corrected chi connectivity index (χ2v) is 4.45. The lowest BCUT2D eigenvalue weighted by Gasteiger charge is -2.08. The molecule has 0 aliphatic rings. The van der Waals surface area contributed by atoms with Crippen LogP contribution in [-0.2, 0) is 4.79 Å². The number of benzene rings is 1. The summed E-state index contributed by atoms with van der Waals surface area (Å²) >= 11 is 0. The molecule has 0 atom stereocenters. The molecule has 0 bridgehead atoms. The SMILES string of the molecule is CC(C)c1ccc(OCC(=O)Nc2ccon2)cc1. The molecule has 0 unspecified atom stereocenters. The van der Waals surface area contributed by atoms with Crippen LogP contribution in [0.2, 0.25) is 0 Å². The van der Waals surface area contributed by atoms with Gasteiger partial charge in [0.25, 0.3) is 5.91 Å². The van der Waals surface area contributed by atoms with Crippen LogP contribution in [0.5, 0.6) is 5.75 Å². The normalized spacial score (nSPS) is 10.5. The van der Waals surface area contributed by atoms with Crippen LogP contribution in [0.15, 0.2) is 41.1 Å². The summed E-state index contributed by atoms with van der Waals surface area (Å²) in [5.74, 6) is 1.25. The summed E-state index contributed by atoms with van der Waals surface area (Å²) in [6.45, 7) is 4.19. The molecule has 2 rings (SSSR count). The van der Waals surface area contributed by atoms with Gasteiger partial charge in [-0.1, -0.05) is 31.1 Å². The summed E-state index contributed by atoms with van der Waals surface area (Å²) in [5, 5.41) is 6.13. The number of nitrogens with one attached hydrogen (secondary N) is 1. The zero-order chi connectivity index (χ0) is 13.7. The molecule has 1 aromatic heterocycles. The lowest BCUT2D eigenvalue weighted by atomic mass is 10.0. The number of rotatable bonds is 5. The largest absolute Gasteiger partial charge is 0.484 e. The molecule has 5 heteroatoms. The highest BCUT2D eigenvalue weighted by Crippen LogP contribution is 2.18. The van der Waals surface area contributed by atoms with E-state index >= 15 is 0 Å². The Labute approximate surface area is 111 Å². The number of nitrogens with zero attached hydrogens (tertiary/aromatic N) is 1. The topological polar surface area (TPSA) is 64.4 Å². The van der Waals surface area contributed by atoms with Gasteiger partial charge in [-0.15, -0.1) is 0 Å². The van der Waals surface area contributed by atoms with Crippen molar-refractivity contribution >= 4 is 11.7 Å². The number of amides is 1. The Morgan fingerprint density at radius 2 is 2.05 bits per heavy atom. The molecule has 0 aliphatic heterocycles. The lowest BCUT2D eigenvalue weighted by molar-refractivity contribution is -0.118. The van der Waals surface area contributed by atoms with Crippen LogP contribution in [0.1, 0.15) is 25.3 Å². The summed E-state index contributed by atoms with van der Waals surface area (Å²) in [7, 11) is 0. The van der Waals surface area contributed by atoms with Crippen LogP contribution in [0.4, 0.5) is 5.82 Å². The zero-order valence-corrected chi connectivity index (χ0v) is 10.9. The smallest absolute Gasteiger partial charge is 0.263 e. The van der Waals surface area contributed by atoms with E-state index in [2.05, 4.69) is 28.8 Å². The maximum atomic E-state index is 11.5. The van der Waals surface area contributed by atoms with Gasteiger partial charge in [-0.3, -0.25) is 4.79 Å². The van der Waals surface area contributed by atoms with Crippen LogP contribution in [0.25, 0.3) is 0 Å². The van der Waals surface area contributed by atoms with E-state index in [0.29, 0.717) is 17.5 Å². The summed E-state index contributed by atoms with van der Waals surface area (Å²) < 4.78 is 9.99. The summed E-state index contributed by atoms with van der Waals surface area (Å²) in [6.07, 6.45) is 1.39. The molecular weight excluding hydrogens is 244 g/mol. The van der Waals surface area contributed by atoms with Crippen LogP contribution in [0, 0.1) is 0 Å².